The standard InChI is InChI=1S/C6H15NO2.ClH/c1-6(2,3)8-4-5-9-7;/h4-5,7H2,1-3H3;1H. The second-order valence-corrected chi connectivity index (χ2v) is 2.83. The topological polar surface area (TPSA) is 44.5 Å². The highest BCUT2D eigenvalue weighted by molar-refractivity contribution is 5.85. The fourth-order valence-electron chi connectivity index (χ4n) is 0.396. The minimum absolute atomic E-state index is 0. The van der Waals surface area contributed by atoms with Crippen molar-refractivity contribution >= 4 is 12.4 Å². The van der Waals surface area contributed by atoms with E-state index in [-0.39, 0.29) is 18.0 Å². The lowest BCUT2D eigenvalue weighted by atomic mass is 10.2. The zero-order valence-electron chi connectivity index (χ0n) is 6.72. The van der Waals surface area contributed by atoms with Crippen LogP contribution in [-0.2, 0) is 9.57 Å². The Hall–Kier alpha value is 0.170. The zero-order chi connectivity index (χ0) is 7.33. The van der Waals surface area contributed by atoms with E-state index in [0.717, 1.165) is 0 Å². The molecule has 0 aromatic rings. The molecule has 0 aliphatic carbocycles. The predicted molar refractivity (Wildman–Crippen MR) is 43.1 cm³/mol. The summed E-state index contributed by atoms with van der Waals surface area (Å²) in [5, 5.41) is 0. The predicted octanol–water partition coefficient (Wildman–Crippen LogP) is 1.11. The molecule has 0 saturated heterocycles. The van der Waals surface area contributed by atoms with Gasteiger partial charge in [-0.3, -0.25) is 0 Å². The summed E-state index contributed by atoms with van der Waals surface area (Å²) in [4.78, 5) is 4.31. The summed E-state index contributed by atoms with van der Waals surface area (Å²) >= 11 is 0. The van der Waals surface area contributed by atoms with Gasteiger partial charge < -0.3 is 9.57 Å². The summed E-state index contributed by atoms with van der Waals surface area (Å²) in [5.74, 6) is 4.78. The smallest absolute Gasteiger partial charge is 0.0913 e. The van der Waals surface area contributed by atoms with Gasteiger partial charge in [0.25, 0.3) is 0 Å². The van der Waals surface area contributed by atoms with Crippen molar-refractivity contribution in [2.24, 2.45) is 5.90 Å². The number of hydrogen-bond donors (Lipinski definition) is 1. The molecule has 10 heavy (non-hydrogen) atoms. The van der Waals surface area contributed by atoms with Gasteiger partial charge in [-0.25, -0.2) is 5.90 Å². The van der Waals surface area contributed by atoms with Gasteiger partial charge in [-0.05, 0) is 20.8 Å². The van der Waals surface area contributed by atoms with E-state index in [9.17, 15) is 0 Å². The third kappa shape index (κ3) is 11.0. The average molecular weight is 170 g/mol. The fraction of sp³-hybridized carbons (Fsp3) is 1.00. The highest BCUT2D eigenvalue weighted by Gasteiger charge is 2.08. The number of nitrogens with two attached hydrogens (primary N) is 1. The van der Waals surface area contributed by atoms with E-state index in [1.54, 1.807) is 0 Å². The molecule has 0 aliphatic heterocycles. The normalized spacial score (nSPS) is 10.8. The monoisotopic (exact) mass is 169 g/mol. The molecule has 0 amide bonds. The van der Waals surface area contributed by atoms with Crippen molar-refractivity contribution in [1.82, 2.24) is 0 Å². The molecule has 0 aromatic heterocycles. The van der Waals surface area contributed by atoms with Crippen LogP contribution in [0.25, 0.3) is 0 Å². The van der Waals surface area contributed by atoms with Gasteiger partial charge in [0.1, 0.15) is 0 Å². The minimum Gasteiger partial charge on any atom is -0.373 e. The molecule has 3 nitrogen and oxygen atoms in total. The van der Waals surface area contributed by atoms with Crippen LogP contribution in [-0.4, -0.2) is 18.8 Å². The summed E-state index contributed by atoms with van der Waals surface area (Å²) in [6.07, 6.45) is 0. The van der Waals surface area contributed by atoms with E-state index in [1.807, 2.05) is 20.8 Å². The lowest BCUT2D eigenvalue weighted by Crippen LogP contribution is -2.22. The van der Waals surface area contributed by atoms with Gasteiger partial charge in [-0.1, -0.05) is 0 Å². The first-order chi connectivity index (χ1) is 4.06. The van der Waals surface area contributed by atoms with Crippen molar-refractivity contribution in [3.63, 3.8) is 0 Å². The Labute approximate surface area is 68.2 Å². The molecule has 0 bridgehead atoms. The molecule has 0 radical (unpaired) electrons. The Kier molecular flexibility index (Phi) is 7.58. The Morgan fingerprint density at radius 1 is 1.20 bits per heavy atom. The number of hydrogen-bond acceptors (Lipinski definition) is 3. The third-order valence-corrected chi connectivity index (χ3v) is 0.736. The molecule has 4 heteroatoms. The molecule has 0 atom stereocenters. The van der Waals surface area contributed by atoms with Crippen LogP contribution in [0, 0.1) is 0 Å². The lowest BCUT2D eigenvalue weighted by Gasteiger charge is -2.18. The van der Waals surface area contributed by atoms with E-state index in [4.69, 9.17) is 10.6 Å². The maximum atomic E-state index is 5.26. The van der Waals surface area contributed by atoms with Gasteiger partial charge in [0.15, 0.2) is 0 Å². The van der Waals surface area contributed by atoms with Crippen LogP contribution < -0.4 is 5.90 Å². The Morgan fingerprint density at radius 2 is 1.70 bits per heavy atom. The van der Waals surface area contributed by atoms with Crippen molar-refractivity contribution in [2.75, 3.05) is 13.2 Å². The molecule has 0 saturated carbocycles. The summed E-state index contributed by atoms with van der Waals surface area (Å²) in [7, 11) is 0. The molecular formula is C6H16ClNO2. The Morgan fingerprint density at radius 3 is 2.00 bits per heavy atom. The average Bonchev–Trinajstić information content (AvgIpc) is 1.63. The summed E-state index contributed by atoms with van der Waals surface area (Å²) in [6, 6.07) is 0. The lowest BCUT2D eigenvalue weighted by molar-refractivity contribution is -0.0352. The van der Waals surface area contributed by atoms with E-state index in [1.165, 1.54) is 0 Å². The molecule has 0 heterocycles. The summed E-state index contributed by atoms with van der Waals surface area (Å²) < 4.78 is 5.26. The summed E-state index contributed by atoms with van der Waals surface area (Å²) in [6.45, 7) is 6.98. The van der Waals surface area contributed by atoms with Crippen molar-refractivity contribution in [1.29, 1.82) is 0 Å². The van der Waals surface area contributed by atoms with Gasteiger partial charge >= 0.3 is 0 Å². The first-order valence-corrected chi connectivity index (χ1v) is 3.02. The Bertz CT molecular complexity index is 72.6. The first-order valence-electron chi connectivity index (χ1n) is 3.02. The quantitative estimate of drug-likeness (QED) is 0.509. The molecule has 2 N–H and O–H groups in total. The maximum Gasteiger partial charge on any atom is 0.0913 e. The number of rotatable bonds is 3. The Balaban J connectivity index is 0. The van der Waals surface area contributed by atoms with Crippen LogP contribution in [0.4, 0.5) is 0 Å². The number of halogens is 1. The SMILES string of the molecule is CC(C)(C)OCCON.Cl. The highest BCUT2D eigenvalue weighted by Crippen LogP contribution is 2.04. The fourth-order valence-corrected chi connectivity index (χ4v) is 0.396. The van der Waals surface area contributed by atoms with Crippen LogP contribution in [0.3, 0.4) is 0 Å². The largest absolute Gasteiger partial charge is 0.373 e. The van der Waals surface area contributed by atoms with E-state index in [0.29, 0.717) is 13.2 Å². The van der Waals surface area contributed by atoms with Gasteiger partial charge in [-0.15, -0.1) is 12.4 Å². The van der Waals surface area contributed by atoms with Crippen LogP contribution in [0.5, 0.6) is 0 Å². The second-order valence-electron chi connectivity index (χ2n) is 2.83. The minimum atomic E-state index is -0.0848. The van der Waals surface area contributed by atoms with Crippen LogP contribution in [0.1, 0.15) is 20.8 Å². The van der Waals surface area contributed by atoms with Crippen molar-refractivity contribution in [2.45, 2.75) is 26.4 Å². The van der Waals surface area contributed by atoms with E-state index >= 15 is 0 Å². The molecule has 0 fully saturated rings. The molecule has 0 unspecified atom stereocenters. The molecule has 0 spiro atoms. The first kappa shape index (κ1) is 12.8. The molecule has 64 valence electrons. The van der Waals surface area contributed by atoms with Gasteiger partial charge in [0.05, 0.1) is 18.8 Å². The third-order valence-electron chi connectivity index (χ3n) is 0.736. The van der Waals surface area contributed by atoms with Gasteiger partial charge in [0, 0.05) is 0 Å². The molecule has 0 rings (SSSR count). The molecule has 0 aliphatic rings. The van der Waals surface area contributed by atoms with E-state index in [2.05, 4.69) is 4.84 Å². The van der Waals surface area contributed by atoms with E-state index < -0.39 is 0 Å². The summed E-state index contributed by atoms with van der Waals surface area (Å²) in [5.41, 5.74) is -0.0848. The van der Waals surface area contributed by atoms with Gasteiger partial charge in [0.2, 0.25) is 0 Å². The van der Waals surface area contributed by atoms with Crippen molar-refractivity contribution < 1.29 is 9.57 Å². The number of ether oxygens (including phenoxy) is 1. The molecular weight excluding hydrogens is 154 g/mol. The highest BCUT2D eigenvalue weighted by atomic mass is 35.5. The maximum absolute atomic E-state index is 5.26. The van der Waals surface area contributed by atoms with Crippen molar-refractivity contribution in [3.05, 3.63) is 0 Å². The van der Waals surface area contributed by atoms with Crippen LogP contribution in [0.2, 0.25) is 0 Å². The second kappa shape index (κ2) is 5.92. The van der Waals surface area contributed by atoms with Gasteiger partial charge in [-0.2, -0.15) is 0 Å². The van der Waals surface area contributed by atoms with Crippen LogP contribution in [0.15, 0.2) is 0 Å². The van der Waals surface area contributed by atoms with Crippen LogP contribution >= 0.6 is 12.4 Å². The zero-order valence-corrected chi connectivity index (χ0v) is 7.53. The molecule has 0 aromatic carbocycles. The van der Waals surface area contributed by atoms with Crippen molar-refractivity contribution in [3.8, 4) is 0 Å².